The number of methoxy groups -OCH3 is 1. The van der Waals surface area contributed by atoms with Crippen molar-refractivity contribution in [3.63, 3.8) is 0 Å². The van der Waals surface area contributed by atoms with Crippen LogP contribution in [0.4, 0.5) is 10.8 Å². The van der Waals surface area contributed by atoms with Gasteiger partial charge in [-0.25, -0.2) is 4.98 Å². The Labute approximate surface area is 199 Å². The van der Waals surface area contributed by atoms with Gasteiger partial charge in [-0.2, -0.15) is 0 Å². The van der Waals surface area contributed by atoms with E-state index < -0.39 is 0 Å². The summed E-state index contributed by atoms with van der Waals surface area (Å²) in [5.74, 6) is 0.467. The quantitative estimate of drug-likeness (QED) is 0.311. The van der Waals surface area contributed by atoms with Crippen LogP contribution in [0, 0.1) is 0 Å². The molecule has 0 bridgehead atoms. The lowest BCUT2D eigenvalue weighted by Gasteiger charge is -2.12. The van der Waals surface area contributed by atoms with E-state index >= 15 is 0 Å². The molecule has 0 aliphatic rings. The minimum Gasteiger partial charge on any atom is -0.496 e. The molecule has 2 amide bonds. The molecule has 1 unspecified atom stereocenters. The Morgan fingerprint density at radius 3 is 2.73 bits per heavy atom. The molecular formula is C24H21N3O4S2. The molecule has 0 aliphatic carbocycles. The molecule has 0 saturated carbocycles. The van der Waals surface area contributed by atoms with Crippen molar-refractivity contribution < 1.29 is 18.7 Å². The number of hydrogen-bond acceptors (Lipinski definition) is 7. The fourth-order valence-corrected chi connectivity index (χ4v) is 4.66. The van der Waals surface area contributed by atoms with Crippen LogP contribution in [0.15, 0.2) is 81.6 Å². The summed E-state index contributed by atoms with van der Waals surface area (Å²) in [6, 6.07) is 18.2. The Hall–Kier alpha value is -3.56. The monoisotopic (exact) mass is 479 g/mol. The number of carbonyl (C=O) groups excluding carboxylic acids is 2. The Morgan fingerprint density at radius 1 is 1.09 bits per heavy atom. The third kappa shape index (κ3) is 5.63. The third-order valence-corrected chi connectivity index (χ3v) is 6.49. The van der Waals surface area contributed by atoms with Gasteiger partial charge in [-0.3, -0.25) is 9.59 Å². The third-order valence-electron chi connectivity index (χ3n) is 4.64. The average Bonchev–Trinajstić information content (AvgIpc) is 3.52. The van der Waals surface area contributed by atoms with Crippen molar-refractivity contribution in [1.29, 1.82) is 0 Å². The average molecular weight is 480 g/mol. The van der Waals surface area contributed by atoms with Crippen molar-refractivity contribution in [3.05, 3.63) is 78.1 Å². The van der Waals surface area contributed by atoms with Gasteiger partial charge in [-0.1, -0.05) is 18.2 Å². The maximum Gasteiger partial charge on any atom is 0.291 e. The maximum absolute atomic E-state index is 12.7. The van der Waals surface area contributed by atoms with Crippen molar-refractivity contribution in [3.8, 4) is 17.0 Å². The van der Waals surface area contributed by atoms with Gasteiger partial charge < -0.3 is 19.8 Å². The number of amides is 2. The molecule has 0 fully saturated rings. The standard InChI is InChI=1S/C24H21N3O4S2/c1-15(33-17-8-5-7-16(13-17)25-23(29)21-11-6-12-31-21)22(28)27-24-26-19(14-32-24)18-9-3-4-10-20(18)30-2/h3-15H,1-2H3,(H,25,29)(H,26,27,28). The smallest absolute Gasteiger partial charge is 0.291 e. The number of furan rings is 1. The first kappa shape index (κ1) is 22.6. The van der Waals surface area contributed by atoms with Gasteiger partial charge in [0.05, 0.1) is 24.3 Å². The fourth-order valence-electron chi connectivity index (χ4n) is 3.02. The summed E-state index contributed by atoms with van der Waals surface area (Å²) in [5.41, 5.74) is 2.23. The second-order valence-corrected chi connectivity index (χ2v) is 9.22. The Bertz CT molecular complexity index is 1250. The molecule has 0 aliphatic heterocycles. The van der Waals surface area contributed by atoms with Crippen LogP contribution in [0.5, 0.6) is 5.75 Å². The van der Waals surface area contributed by atoms with Gasteiger partial charge in [0.15, 0.2) is 10.9 Å². The summed E-state index contributed by atoms with van der Waals surface area (Å²) in [4.78, 5) is 30.3. The number of nitrogens with one attached hydrogen (secondary N) is 2. The lowest BCUT2D eigenvalue weighted by molar-refractivity contribution is -0.115. The van der Waals surface area contributed by atoms with Gasteiger partial charge in [-0.05, 0) is 49.4 Å². The van der Waals surface area contributed by atoms with Gasteiger partial charge in [0, 0.05) is 21.5 Å². The Kier molecular flexibility index (Phi) is 7.11. The molecule has 2 heterocycles. The van der Waals surface area contributed by atoms with E-state index in [2.05, 4.69) is 15.6 Å². The van der Waals surface area contributed by atoms with Crippen molar-refractivity contribution in [2.45, 2.75) is 17.1 Å². The minimum absolute atomic E-state index is 0.161. The van der Waals surface area contributed by atoms with Crippen LogP contribution in [-0.4, -0.2) is 29.2 Å². The molecular weight excluding hydrogens is 458 g/mol. The number of rotatable bonds is 8. The number of aromatic nitrogens is 1. The number of benzene rings is 2. The van der Waals surface area contributed by atoms with Crippen LogP contribution >= 0.6 is 23.1 Å². The summed E-state index contributed by atoms with van der Waals surface area (Å²) < 4.78 is 10.5. The minimum atomic E-state index is -0.375. The number of ether oxygens (including phenoxy) is 1. The number of nitrogens with zero attached hydrogens (tertiary/aromatic N) is 1. The highest BCUT2D eigenvalue weighted by atomic mass is 32.2. The van der Waals surface area contributed by atoms with E-state index in [1.807, 2.05) is 54.8 Å². The molecule has 168 valence electrons. The van der Waals surface area contributed by atoms with Crippen LogP contribution in [0.25, 0.3) is 11.3 Å². The zero-order chi connectivity index (χ0) is 23.2. The summed E-state index contributed by atoms with van der Waals surface area (Å²) in [6.45, 7) is 1.82. The van der Waals surface area contributed by atoms with Crippen molar-refractivity contribution in [2.75, 3.05) is 17.7 Å². The SMILES string of the molecule is COc1ccccc1-c1csc(NC(=O)C(C)Sc2cccc(NC(=O)c3ccco3)c2)n1. The fraction of sp³-hybridized carbons (Fsp3) is 0.125. The zero-order valence-electron chi connectivity index (χ0n) is 17.9. The van der Waals surface area contributed by atoms with Gasteiger partial charge in [0.2, 0.25) is 5.91 Å². The van der Waals surface area contributed by atoms with Crippen molar-refractivity contribution >= 4 is 45.7 Å². The van der Waals surface area contributed by atoms with Crippen LogP contribution in [0.2, 0.25) is 0 Å². The number of carbonyl (C=O) groups is 2. The molecule has 4 rings (SSSR count). The highest BCUT2D eigenvalue weighted by Gasteiger charge is 2.18. The summed E-state index contributed by atoms with van der Waals surface area (Å²) in [5, 5.41) is 7.70. The number of thioether (sulfide) groups is 1. The summed E-state index contributed by atoms with van der Waals surface area (Å²) >= 11 is 2.75. The van der Waals surface area contributed by atoms with Gasteiger partial charge in [-0.15, -0.1) is 23.1 Å². The van der Waals surface area contributed by atoms with Gasteiger partial charge in [0.25, 0.3) is 5.91 Å². The van der Waals surface area contributed by atoms with Crippen molar-refractivity contribution in [2.24, 2.45) is 0 Å². The second-order valence-electron chi connectivity index (χ2n) is 6.95. The molecule has 2 N–H and O–H groups in total. The van der Waals surface area contributed by atoms with Crippen LogP contribution in [0.3, 0.4) is 0 Å². The van der Waals surface area contributed by atoms with Crippen LogP contribution in [-0.2, 0) is 4.79 Å². The molecule has 2 aromatic carbocycles. The molecule has 0 radical (unpaired) electrons. The van der Waals surface area contributed by atoms with E-state index in [0.29, 0.717) is 10.8 Å². The number of hydrogen-bond donors (Lipinski definition) is 2. The van der Waals surface area contributed by atoms with Gasteiger partial charge in [0.1, 0.15) is 5.75 Å². The molecule has 1 atom stereocenters. The molecule has 4 aromatic rings. The van der Waals surface area contributed by atoms with Gasteiger partial charge >= 0.3 is 0 Å². The first-order chi connectivity index (χ1) is 16.0. The zero-order valence-corrected chi connectivity index (χ0v) is 19.5. The van der Waals surface area contributed by atoms with E-state index in [9.17, 15) is 9.59 Å². The molecule has 7 nitrogen and oxygen atoms in total. The molecule has 0 spiro atoms. The maximum atomic E-state index is 12.7. The van der Waals surface area contributed by atoms with Crippen LogP contribution in [0.1, 0.15) is 17.5 Å². The highest BCUT2D eigenvalue weighted by molar-refractivity contribution is 8.00. The number of para-hydroxylation sites is 1. The van der Waals surface area contributed by atoms with E-state index in [-0.39, 0.29) is 22.8 Å². The molecule has 0 saturated heterocycles. The first-order valence-corrected chi connectivity index (χ1v) is 11.8. The predicted molar refractivity (Wildman–Crippen MR) is 131 cm³/mol. The summed E-state index contributed by atoms with van der Waals surface area (Å²) in [6.07, 6.45) is 1.45. The Morgan fingerprint density at radius 2 is 1.94 bits per heavy atom. The number of anilines is 2. The summed E-state index contributed by atoms with van der Waals surface area (Å²) in [7, 11) is 1.62. The second kappa shape index (κ2) is 10.4. The molecule has 9 heteroatoms. The lowest BCUT2D eigenvalue weighted by Crippen LogP contribution is -2.22. The van der Waals surface area contributed by atoms with E-state index in [1.54, 1.807) is 25.3 Å². The lowest BCUT2D eigenvalue weighted by atomic mass is 10.1. The first-order valence-electron chi connectivity index (χ1n) is 10.0. The van der Waals surface area contributed by atoms with E-state index in [0.717, 1.165) is 21.9 Å². The van der Waals surface area contributed by atoms with Crippen molar-refractivity contribution in [1.82, 2.24) is 4.98 Å². The Balaban J connectivity index is 1.37. The topological polar surface area (TPSA) is 93.5 Å². The number of thiazole rings is 1. The molecule has 2 aromatic heterocycles. The van der Waals surface area contributed by atoms with E-state index in [4.69, 9.17) is 9.15 Å². The largest absolute Gasteiger partial charge is 0.496 e. The highest BCUT2D eigenvalue weighted by Crippen LogP contribution is 2.32. The van der Waals surface area contributed by atoms with E-state index in [1.165, 1.54) is 29.4 Å². The van der Waals surface area contributed by atoms with Crippen LogP contribution < -0.4 is 15.4 Å². The predicted octanol–water partition coefficient (Wildman–Crippen LogP) is 5.78. The normalized spacial score (nSPS) is 11.6. The molecule has 33 heavy (non-hydrogen) atoms.